The first-order chi connectivity index (χ1) is 8.08. The quantitative estimate of drug-likeness (QED) is 0.726. The van der Waals surface area contributed by atoms with Crippen molar-refractivity contribution in [3.05, 3.63) is 10.0 Å². The number of rotatable bonds is 8. The molecular formula is C12H23N3OS. The van der Waals surface area contributed by atoms with Crippen molar-refractivity contribution in [3.63, 3.8) is 0 Å². The van der Waals surface area contributed by atoms with E-state index in [1.807, 2.05) is 13.8 Å². The van der Waals surface area contributed by atoms with Crippen LogP contribution in [0.3, 0.4) is 0 Å². The maximum atomic E-state index is 5.49. The van der Waals surface area contributed by atoms with Crippen molar-refractivity contribution >= 4 is 11.3 Å². The molecule has 17 heavy (non-hydrogen) atoms. The van der Waals surface area contributed by atoms with E-state index >= 15 is 0 Å². The second kappa shape index (κ2) is 7.74. The van der Waals surface area contributed by atoms with Crippen molar-refractivity contribution in [2.45, 2.75) is 46.8 Å². The van der Waals surface area contributed by atoms with Crippen molar-refractivity contribution in [1.29, 1.82) is 0 Å². The highest BCUT2D eigenvalue weighted by Gasteiger charge is 2.05. The molecule has 1 heterocycles. The maximum absolute atomic E-state index is 5.49. The van der Waals surface area contributed by atoms with Gasteiger partial charge in [0.2, 0.25) is 0 Å². The first-order valence-electron chi connectivity index (χ1n) is 6.21. The van der Waals surface area contributed by atoms with Crippen LogP contribution in [0.25, 0.3) is 0 Å². The molecule has 0 spiro atoms. The number of aromatic nitrogens is 2. The second-order valence-electron chi connectivity index (χ2n) is 4.80. The molecular weight excluding hydrogens is 234 g/mol. The summed E-state index contributed by atoms with van der Waals surface area (Å²) in [5, 5.41) is 13.7. The Balaban J connectivity index is 2.21. The van der Waals surface area contributed by atoms with E-state index in [1.54, 1.807) is 11.3 Å². The Bertz CT molecular complexity index is 312. The molecule has 0 aliphatic carbocycles. The van der Waals surface area contributed by atoms with Gasteiger partial charge in [0.15, 0.2) is 0 Å². The minimum Gasteiger partial charge on any atom is -0.372 e. The molecule has 0 radical (unpaired) electrons. The summed E-state index contributed by atoms with van der Waals surface area (Å²) in [4.78, 5) is 0. The Morgan fingerprint density at radius 2 is 1.88 bits per heavy atom. The standard InChI is InChI=1S/C12H23N3OS/c1-9(2)7-13-6-5-11-14-15-12(17-11)8-16-10(3)4/h9-10,13H,5-8H2,1-4H3. The van der Waals surface area contributed by atoms with E-state index < -0.39 is 0 Å². The van der Waals surface area contributed by atoms with Gasteiger partial charge < -0.3 is 10.1 Å². The molecule has 0 bridgehead atoms. The van der Waals surface area contributed by atoms with Crippen molar-refractivity contribution in [2.75, 3.05) is 13.1 Å². The molecule has 0 saturated heterocycles. The second-order valence-corrected chi connectivity index (χ2v) is 5.94. The molecule has 0 aliphatic rings. The van der Waals surface area contributed by atoms with Gasteiger partial charge in [-0.1, -0.05) is 25.2 Å². The average molecular weight is 257 g/mol. The van der Waals surface area contributed by atoms with E-state index in [0.29, 0.717) is 12.5 Å². The van der Waals surface area contributed by atoms with Crippen LogP contribution in [0.4, 0.5) is 0 Å². The predicted molar refractivity (Wildman–Crippen MR) is 71.2 cm³/mol. The van der Waals surface area contributed by atoms with Gasteiger partial charge in [-0.2, -0.15) is 0 Å². The highest BCUT2D eigenvalue weighted by molar-refractivity contribution is 7.11. The Morgan fingerprint density at radius 1 is 1.18 bits per heavy atom. The maximum Gasteiger partial charge on any atom is 0.143 e. The summed E-state index contributed by atoms with van der Waals surface area (Å²) < 4.78 is 5.49. The third-order valence-electron chi connectivity index (χ3n) is 2.12. The third-order valence-corrected chi connectivity index (χ3v) is 3.07. The molecule has 1 aromatic rings. The Hall–Kier alpha value is -0.520. The van der Waals surface area contributed by atoms with Gasteiger partial charge in [0.25, 0.3) is 0 Å². The van der Waals surface area contributed by atoms with Gasteiger partial charge in [-0.3, -0.25) is 0 Å². The minimum atomic E-state index is 0.245. The van der Waals surface area contributed by atoms with Crippen LogP contribution in [-0.4, -0.2) is 29.4 Å². The molecule has 1 rings (SSSR count). The molecule has 1 N–H and O–H groups in total. The third kappa shape index (κ3) is 6.71. The van der Waals surface area contributed by atoms with Crippen molar-refractivity contribution < 1.29 is 4.74 Å². The lowest BCUT2D eigenvalue weighted by Gasteiger charge is -2.05. The fourth-order valence-electron chi connectivity index (χ4n) is 1.27. The summed E-state index contributed by atoms with van der Waals surface area (Å²) in [6, 6.07) is 0. The van der Waals surface area contributed by atoms with Crippen LogP contribution >= 0.6 is 11.3 Å². The van der Waals surface area contributed by atoms with E-state index in [-0.39, 0.29) is 6.10 Å². The van der Waals surface area contributed by atoms with Crippen molar-refractivity contribution in [1.82, 2.24) is 15.5 Å². The predicted octanol–water partition coefficient (Wildman–Crippen LogP) is 2.25. The molecule has 0 fully saturated rings. The summed E-state index contributed by atoms with van der Waals surface area (Å²) in [6.45, 7) is 11.1. The fourth-order valence-corrected chi connectivity index (χ4v) is 2.04. The molecule has 0 aliphatic heterocycles. The summed E-state index contributed by atoms with van der Waals surface area (Å²) in [7, 11) is 0. The van der Waals surface area contributed by atoms with E-state index in [4.69, 9.17) is 4.74 Å². The molecule has 0 amide bonds. The summed E-state index contributed by atoms with van der Waals surface area (Å²) in [5.74, 6) is 0.694. The van der Waals surface area contributed by atoms with E-state index in [2.05, 4.69) is 29.4 Å². The zero-order chi connectivity index (χ0) is 12.7. The zero-order valence-corrected chi connectivity index (χ0v) is 12.0. The van der Waals surface area contributed by atoms with Gasteiger partial charge in [-0.15, -0.1) is 10.2 Å². The van der Waals surface area contributed by atoms with Crippen LogP contribution in [0.15, 0.2) is 0 Å². The largest absolute Gasteiger partial charge is 0.372 e. The Labute approximate surface area is 108 Å². The molecule has 0 unspecified atom stereocenters. The average Bonchev–Trinajstić information content (AvgIpc) is 2.69. The van der Waals surface area contributed by atoms with Crippen LogP contribution in [-0.2, 0) is 17.8 Å². The first-order valence-corrected chi connectivity index (χ1v) is 7.03. The van der Waals surface area contributed by atoms with Crippen LogP contribution in [0.5, 0.6) is 0 Å². The molecule has 0 aromatic carbocycles. The highest BCUT2D eigenvalue weighted by atomic mass is 32.1. The molecule has 0 atom stereocenters. The van der Waals surface area contributed by atoms with Crippen LogP contribution in [0, 0.1) is 5.92 Å². The van der Waals surface area contributed by atoms with Gasteiger partial charge in [0.1, 0.15) is 16.6 Å². The number of nitrogens with one attached hydrogen (secondary N) is 1. The minimum absolute atomic E-state index is 0.245. The monoisotopic (exact) mass is 257 g/mol. The van der Waals surface area contributed by atoms with Crippen molar-refractivity contribution in [2.24, 2.45) is 5.92 Å². The van der Waals surface area contributed by atoms with E-state index in [9.17, 15) is 0 Å². The van der Waals surface area contributed by atoms with E-state index in [1.165, 1.54) is 0 Å². The van der Waals surface area contributed by atoms with Crippen LogP contribution < -0.4 is 5.32 Å². The SMILES string of the molecule is CC(C)CNCCc1nnc(COC(C)C)s1. The number of hydrogen-bond acceptors (Lipinski definition) is 5. The summed E-state index contributed by atoms with van der Waals surface area (Å²) in [6.07, 6.45) is 1.20. The number of hydrogen-bond donors (Lipinski definition) is 1. The van der Waals surface area contributed by atoms with E-state index in [0.717, 1.165) is 29.5 Å². The highest BCUT2D eigenvalue weighted by Crippen LogP contribution is 2.11. The number of ether oxygens (including phenoxy) is 1. The van der Waals surface area contributed by atoms with Gasteiger partial charge >= 0.3 is 0 Å². The lowest BCUT2D eigenvalue weighted by Crippen LogP contribution is -2.22. The summed E-state index contributed by atoms with van der Waals surface area (Å²) in [5.41, 5.74) is 0. The molecule has 0 saturated carbocycles. The van der Waals surface area contributed by atoms with Crippen molar-refractivity contribution in [3.8, 4) is 0 Å². The van der Waals surface area contributed by atoms with Gasteiger partial charge in [-0.25, -0.2) is 0 Å². The fraction of sp³-hybridized carbons (Fsp3) is 0.833. The lowest BCUT2D eigenvalue weighted by atomic mass is 10.2. The summed E-state index contributed by atoms with van der Waals surface area (Å²) >= 11 is 1.65. The Morgan fingerprint density at radius 3 is 2.53 bits per heavy atom. The first kappa shape index (κ1) is 14.5. The zero-order valence-electron chi connectivity index (χ0n) is 11.2. The Kier molecular flexibility index (Phi) is 6.62. The van der Waals surface area contributed by atoms with Crippen LogP contribution in [0.1, 0.15) is 37.7 Å². The lowest BCUT2D eigenvalue weighted by molar-refractivity contribution is 0.0652. The molecule has 98 valence electrons. The number of nitrogens with zero attached hydrogens (tertiary/aromatic N) is 2. The topological polar surface area (TPSA) is 47.0 Å². The van der Waals surface area contributed by atoms with Crippen LogP contribution in [0.2, 0.25) is 0 Å². The molecule has 4 nitrogen and oxygen atoms in total. The van der Waals surface area contributed by atoms with Gasteiger partial charge in [0.05, 0.1) is 6.10 Å². The van der Waals surface area contributed by atoms with Gasteiger partial charge in [0, 0.05) is 13.0 Å². The van der Waals surface area contributed by atoms with Gasteiger partial charge in [-0.05, 0) is 26.3 Å². The smallest absolute Gasteiger partial charge is 0.143 e. The molecule has 5 heteroatoms. The normalized spacial score (nSPS) is 11.6. The molecule has 1 aromatic heterocycles.